The molecule has 0 aliphatic rings. The van der Waals surface area contributed by atoms with Crippen LogP contribution in [0.3, 0.4) is 0 Å². The molecule has 0 aliphatic heterocycles. The van der Waals surface area contributed by atoms with E-state index in [-0.39, 0.29) is 19.5 Å². The maximum Gasteiger partial charge on any atom is 0.331 e. The number of carbonyl (C=O) groups is 1. The minimum absolute atomic E-state index is 0.0406. The summed E-state index contributed by atoms with van der Waals surface area (Å²) >= 11 is 0. The molecular formula is C23H23N5O5. The zero-order chi connectivity index (χ0) is 23.4. The molecular weight excluding hydrogens is 426 g/mol. The van der Waals surface area contributed by atoms with Crippen LogP contribution in [0.25, 0.3) is 10.9 Å². The number of fused-ring (bicyclic) bond motifs is 1. The van der Waals surface area contributed by atoms with Crippen LogP contribution in [0.5, 0.6) is 5.75 Å². The summed E-state index contributed by atoms with van der Waals surface area (Å²) in [6, 6.07) is 13.7. The molecule has 0 unspecified atom stereocenters. The monoisotopic (exact) mass is 449 g/mol. The number of hydrogen-bond acceptors (Lipinski definition) is 7. The number of para-hydroxylation sites is 3. The van der Waals surface area contributed by atoms with Crippen LogP contribution in [-0.2, 0) is 24.3 Å². The summed E-state index contributed by atoms with van der Waals surface area (Å²) in [6.45, 7) is 3.74. The highest BCUT2D eigenvalue weighted by Crippen LogP contribution is 2.23. The van der Waals surface area contributed by atoms with Crippen molar-refractivity contribution < 1.29 is 14.1 Å². The molecule has 4 aromatic rings. The van der Waals surface area contributed by atoms with Crippen LogP contribution in [0, 0.1) is 6.92 Å². The second kappa shape index (κ2) is 9.51. The van der Waals surface area contributed by atoms with Gasteiger partial charge in [0, 0.05) is 13.0 Å². The van der Waals surface area contributed by atoms with Crippen molar-refractivity contribution in [1.82, 2.24) is 19.3 Å². The smallest absolute Gasteiger partial charge is 0.331 e. The van der Waals surface area contributed by atoms with E-state index in [1.165, 1.54) is 4.57 Å². The Kier molecular flexibility index (Phi) is 6.34. The Balaban J connectivity index is 1.67. The fourth-order valence-corrected chi connectivity index (χ4v) is 3.55. The molecule has 0 bridgehead atoms. The van der Waals surface area contributed by atoms with Gasteiger partial charge in [0.2, 0.25) is 11.8 Å². The Morgan fingerprint density at radius 2 is 1.85 bits per heavy atom. The lowest BCUT2D eigenvalue weighted by atomic mass is 10.2. The Labute approximate surface area is 188 Å². The molecule has 0 radical (unpaired) electrons. The molecule has 1 N–H and O–H groups in total. The van der Waals surface area contributed by atoms with E-state index >= 15 is 0 Å². The number of amides is 1. The van der Waals surface area contributed by atoms with Crippen LogP contribution in [-0.4, -0.2) is 31.8 Å². The van der Waals surface area contributed by atoms with Crippen molar-refractivity contribution >= 4 is 22.5 Å². The summed E-state index contributed by atoms with van der Waals surface area (Å²) in [5, 5.41) is 6.84. The van der Waals surface area contributed by atoms with Crippen molar-refractivity contribution in [3.05, 3.63) is 81.1 Å². The molecule has 0 atom stereocenters. The van der Waals surface area contributed by atoms with E-state index in [2.05, 4.69) is 15.5 Å². The van der Waals surface area contributed by atoms with Crippen molar-refractivity contribution in [2.24, 2.45) is 0 Å². The number of ether oxygens (including phenoxy) is 1. The minimum atomic E-state index is -0.594. The molecule has 0 spiro atoms. The third-order valence-electron chi connectivity index (χ3n) is 5.01. The van der Waals surface area contributed by atoms with Crippen LogP contribution < -0.4 is 21.3 Å². The standard InChI is InChI=1S/C23H23N5O5/c1-3-32-19-11-7-5-9-17(19)25-20(29)14-28-18-10-6-4-8-16(18)22(30)27(23(28)31)13-12-21-24-15(2)26-33-21/h4-11H,3,12-14H2,1-2H3,(H,25,29). The number of nitrogens with one attached hydrogen (secondary N) is 1. The van der Waals surface area contributed by atoms with Gasteiger partial charge in [-0.05, 0) is 38.1 Å². The average Bonchev–Trinajstić information content (AvgIpc) is 3.23. The van der Waals surface area contributed by atoms with Crippen LogP contribution in [0.4, 0.5) is 5.69 Å². The maximum atomic E-state index is 13.2. The predicted octanol–water partition coefficient (Wildman–Crippen LogP) is 2.13. The highest BCUT2D eigenvalue weighted by molar-refractivity contribution is 5.93. The van der Waals surface area contributed by atoms with E-state index in [0.717, 1.165) is 4.57 Å². The van der Waals surface area contributed by atoms with Gasteiger partial charge >= 0.3 is 5.69 Å². The molecule has 170 valence electrons. The van der Waals surface area contributed by atoms with E-state index in [0.29, 0.717) is 40.7 Å². The molecule has 2 heterocycles. The molecule has 4 rings (SSSR count). The third-order valence-corrected chi connectivity index (χ3v) is 5.01. The summed E-state index contributed by atoms with van der Waals surface area (Å²) in [7, 11) is 0. The van der Waals surface area contributed by atoms with Gasteiger partial charge in [0.05, 0.1) is 23.2 Å². The van der Waals surface area contributed by atoms with Crippen LogP contribution in [0.2, 0.25) is 0 Å². The molecule has 10 nitrogen and oxygen atoms in total. The summed E-state index contributed by atoms with van der Waals surface area (Å²) < 4.78 is 13.0. The lowest BCUT2D eigenvalue weighted by Crippen LogP contribution is -2.42. The predicted molar refractivity (Wildman–Crippen MR) is 121 cm³/mol. The van der Waals surface area contributed by atoms with Gasteiger partial charge in [-0.3, -0.25) is 18.7 Å². The van der Waals surface area contributed by atoms with E-state index in [9.17, 15) is 14.4 Å². The average molecular weight is 449 g/mol. The fraction of sp³-hybridized carbons (Fsp3) is 0.261. The van der Waals surface area contributed by atoms with Gasteiger partial charge < -0.3 is 14.6 Å². The number of anilines is 1. The van der Waals surface area contributed by atoms with Gasteiger partial charge in [-0.15, -0.1) is 0 Å². The highest BCUT2D eigenvalue weighted by atomic mass is 16.5. The van der Waals surface area contributed by atoms with Gasteiger partial charge in [-0.1, -0.05) is 29.4 Å². The first-order valence-corrected chi connectivity index (χ1v) is 10.5. The highest BCUT2D eigenvalue weighted by Gasteiger charge is 2.17. The lowest BCUT2D eigenvalue weighted by Gasteiger charge is -2.15. The SMILES string of the molecule is CCOc1ccccc1NC(=O)Cn1c(=O)n(CCc2nc(C)no2)c(=O)c2ccccc21. The quantitative estimate of drug-likeness (QED) is 0.437. The molecule has 0 aliphatic carbocycles. The number of carbonyl (C=O) groups excluding carboxylic acids is 1. The number of aryl methyl sites for hydroxylation is 2. The van der Waals surface area contributed by atoms with Gasteiger partial charge in [0.25, 0.3) is 5.56 Å². The molecule has 0 saturated heterocycles. The van der Waals surface area contributed by atoms with Crippen molar-refractivity contribution in [2.75, 3.05) is 11.9 Å². The topological polar surface area (TPSA) is 121 Å². The lowest BCUT2D eigenvalue weighted by molar-refractivity contribution is -0.116. The Bertz CT molecular complexity index is 1420. The Hall–Kier alpha value is -4.21. The minimum Gasteiger partial charge on any atom is -0.492 e. The number of hydrogen-bond donors (Lipinski definition) is 1. The number of rotatable bonds is 8. The second-order valence-corrected chi connectivity index (χ2v) is 7.31. The first-order valence-electron chi connectivity index (χ1n) is 10.5. The maximum absolute atomic E-state index is 13.2. The molecule has 10 heteroatoms. The first kappa shape index (κ1) is 22.0. The normalized spacial score (nSPS) is 11.0. The molecule has 0 fully saturated rings. The summed E-state index contributed by atoms with van der Waals surface area (Å²) in [5.41, 5.74) is -0.152. The van der Waals surface area contributed by atoms with E-state index in [1.54, 1.807) is 55.5 Å². The fourth-order valence-electron chi connectivity index (χ4n) is 3.55. The van der Waals surface area contributed by atoms with Crippen LogP contribution in [0.1, 0.15) is 18.6 Å². The van der Waals surface area contributed by atoms with Gasteiger partial charge in [-0.2, -0.15) is 4.98 Å². The van der Waals surface area contributed by atoms with Gasteiger partial charge in [0.1, 0.15) is 12.3 Å². The third kappa shape index (κ3) is 4.69. The largest absolute Gasteiger partial charge is 0.492 e. The Morgan fingerprint density at radius 3 is 2.61 bits per heavy atom. The zero-order valence-corrected chi connectivity index (χ0v) is 18.3. The van der Waals surface area contributed by atoms with Gasteiger partial charge in [0.15, 0.2) is 5.82 Å². The van der Waals surface area contributed by atoms with E-state index in [4.69, 9.17) is 9.26 Å². The molecule has 2 aromatic heterocycles. The van der Waals surface area contributed by atoms with Crippen molar-refractivity contribution in [3.8, 4) is 5.75 Å². The second-order valence-electron chi connectivity index (χ2n) is 7.31. The summed E-state index contributed by atoms with van der Waals surface area (Å²) in [4.78, 5) is 43.2. The van der Waals surface area contributed by atoms with Crippen LogP contribution in [0.15, 0.2) is 62.6 Å². The van der Waals surface area contributed by atoms with Crippen molar-refractivity contribution in [2.45, 2.75) is 33.4 Å². The Morgan fingerprint density at radius 1 is 1.09 bits per heavy atom. The van der Waals surface area contributed by atoms with Gasteiger partial charge in [-0.25, -0.2) is 4.79 Å². The van der Waals surface area contributed by atoms with Crippen molar-refractivity contribution in [3.63, 3.8) is 0 Å². The first-order chi connectivity index (χ1) is 16.0. The number of benzene rings is 2. The van der Waals surface area contributed by atoms with Crippen molar-refractivity contribution in [1.29, 1.82) is 0 Å². The van der Waals surface area contributed by atoms with E-state index in [1.807, 2.05) is 6.92 Å². The number of aromatic nitrogens is 4. The molecule has 1 amide bonds. The number of nitrogens with zero attached hydrogens (tertiary/aromatic N) is 4. The molecule has 33 heavy (non-hydrogen) atoms. The summed E-state index contributed by atoms with van der Waals surface area (Å²) in [5.74, 6) is 0.901. The zero-order valence-electron chi connectivity index (χ0n) is 18.3. The molecule has 2 aromatic carbocycles. The van der Waals surface area contributed by atoms with E-state index < -0.39 is 17.2 Å². The van der Waals surface area contributed by atoms with Crippen LogP contribution >= 0.6 is 0 Å². The summed E-state index contributed by atoms with van der Waals surface area (Å²) in [6.07, 6.45) is 0.211. The molecule has 0 saturated carbocycles.